The van der Waals surface area contributed by atoms with E-state index in [9.17, 15) is 4.79 Å². The third-order valence-electron chi connectivity index (χ3n) is 3.43. The summed E-state index contributed by atoms with van der Waals surface area (Å²) in [7, 11) is 0. The summed E-state index contributed by atoms with van der Waals surface area (Å²) in [6, 6.07) is 5.45. The van der Waals surface area contributed by atoms with Crippen LogP contribution in [0, 0.1) is 0 Å². The average molecular weight is 244 g/mol. The smallest absolute Gasteiger partial charge is 0.274 e. The number of carbonyl (C=O) groups excluding carboxylic acids is 1. The second-order valence-electron chi connectivity index (χ2n) is 4.73. The fraction of sp³-hybridized carbons (Fsp3) is 0.385. The summed E-state index contributed by atoms with van der Waals surface area (Å²) in [6.07, 6.45) is 3.37. The fourth-order valence-corrected chi connectivity index (χ4v) is 2.44. The molecule has 0 unspecified atom stereocenters. The number of aromatic amines is 1. The van der Waals surface area contributed by atoms with E-state index in [0.717, 1.165) is 36.8 Å². The standard InChI is InChI=1S/C13H16N4O/c14-9-4-5-11-10(8-9)12(16-15-11)13(18)17-6-2-1-3-7-17/h4-5,8H,1-3,6-7,14H2,(H,15,16). The summed E-state index contributed by atoms with van der Waals surface area (Å²) < 4.78 is 0. The molecule has 2 heterocycles. The van der Waals surface area contributed by atoms with E-state index in [2.05, 4.69) is 10.2 Å². The van der Waals surface area contributed by atoms with Gasteiger partial charge in [-0.3, -0.25) is 9.89 Å². The molecule has 1 aromatic heterocycles. The molecule has 1 aliphatic rings. The average Bonchev–Trinajstić information content (AvgIpc) is 2.82. The maximum absolute atomic E-state index is 12.4. The van der Waals surface area contributed by atoms with E-state index in [0.29, 0.717) is 11.4 Å². The van der Waals surface area contributed by atoms with Crippen molar-refractivity contribution in [3.8, 4) is 0 Å². The number of carbonyl (C=O) groups is 1. The van der Waals surface area contributed by atoms with Crippen LogP contribution in [0.3, 0.4) is 0 Å². The molecule has 0 atom stereocenters. The second-order valence-corrected chi connectivity index (χ2v) is 4.73. The molecule has 1 saturated heterocycles. The number of H-pyrrole nitrogens is 1. The highest BCUT2D eigenvalue weighted by molar-refractivity contribution is 6.05. The van der Waals surface area contributed by atoms with E-state index in [1.807, 2.05) is 11.0 Å². The Labute approximate surface area is 105 Å². The number of nitrogens with zero attached hydrogens (tertiary/aromatic N) is 2. The topological polar surface area (TPSA) is 75.0 Å². The Balaban J connectivity index is 1.98. The van der Waals surface area contributed by atoms with Gasteiger partial charge in [-0.2, -0.15) is 5.10 Å². The molecule has 5 nitrogen and oxygen atoms in total. The van der Waals surface area contributed by atoms with Crippen molar-refractivity contribution in [2.45, 2.75) is 19.3 Å². The molecule has 1 aliphatic heterocycles. The van der Waals surface area contributed by atoms with E-state index < -0.39 is 0 Å². The van der Waals surface area contributed by atoms with Crippen molar-refractivity contribution >= 4 is 22.5 Å². The Kier molecular flexibility index (Phi) is 2.66. The van der Waals surface area contributed by atoms with Crippen LogP contribution in [0.4, 0.5) is 5.69 Å². The summed E-state index contributed by atoms with van der Waals surface area (Å²) in [5, 5.41) is 7.83. The van der Waals surface area contributed by atoms with Crippen LogP contribution in [0.2, 0.25) is 0 Å². The van der Waals surface area contributed by atoms with E-state index >= 15 is 0 Å². The number of anilines is 1. The van der Waals surface area contributed by atoms with Gasteiger partial charge in [0.1, 0.15) is 0 Å². The Bertz CT molecular complexity index is 584. The Morgan fingerprint density at radius 1 is 1.28 bits per heavy atom. The van der Waals surface area contributed by atoms with Crippen LogP contribution < -0.4 is 5.73 Å². The number of hydrogen-bond acceptors (Lipinski definition) is 3. The fourth-order valence-electron chi connectivity index (χ4n) is 2.44. The molecule has 0 saturated carbocycles. The number of aromatic nitrogens is 2. The molecule has 1 amide bonds. The minimum atomic E-state index is 0.00606. The number of fused-ring (bicyclic) bond motifs is 1. The van der Waals surface area contributed by atoms with Gasteiger partial charge in [0.2, 0.25) is 0 Å². The van der Waals surface area contributed by atoms with Crippen LogP contribution in [0.25, 0.3) is 10.9 Å². The summed E-state index contributed by atoms with van der Waals surface area (Å²) >= 11 is 0. The largest absolute Gasteiger partial charge is 0.399 e. The lowest BCUT2D eigenvalue weighted by atomic mass is 10.1. The molecular weight excluding hydrogens is 228 g/mol. The maximum Gasteiger partial charge on any atom is 0.274 e. The van der Waals surface area contributed by atoms with Crippen LogP contribution in [0.15, 0.2) is 18.2 Å². The number of rotatable bonds is 1. The number of benzene rings is 1. The predicted molar refractivity (Wildman–Crippen MR) is 70.3 cm³/mol. The molecule has 3 N–H and O–H groups in total. The summed E-state index contributed by atoms with van der Waals surface area (Å²) in [5.41, 5.74) is 7.75. The quantitative estimate of drug-likeness (QED) is 0.751. The van der Waals surface area contributed by atoms with Crippen molar-refractivity contribution in [1.29, 1.82) is 0 Å². The zero-order valence-corrected chi connectivity index (χ0v) is 10.1. The van der Waals surface area contributed by atoms with E-state index in [4.69, 9.17) is 5.73 Å². The number of piperidine rings is 1. The van der Waals surface area contributed by atoms with Gasteiger partial charge in [0.25, 0.3) is 5.91 Å². The number of nitrogens with two attached hydrogens (primary N) is 1. The molecule has 5 heteroatoms. The van der Waals surface area contributed by atoms with Gasteiger partial charge in [-0.1, -0.05) is 0 Å². The first-order valence-corrected chi connectivity index (χ1v) is 6.28. The zero-order valence-electron chi connectivity index (χ0n) is 10.1. The SMILES string of the molecule is Nc1ccc2[nH]nc(C(=O)N3CCCCC3)c2c1. The molecular formula is C13H16N4O. The van der Waals surface area contributed by atoms with Crippen molar-refractivity contribution in [1.82, 2.24) is 15.1 Å². The highest BCUT2D eigenvalue weighted by atomic mass is 16.2. The van der Waals surface area contributed by atoms with E-state index in [-0.39, 0.29) is 5.91 Å². The van der Waals surface area contributed by atoms with Gasteiger partial charge in [0, 0.05) is 24.2 Å². The Hall–Kier alpha value is -2.04. The predicted octanol–water partition coefficient (Wildman–Crippen LogP) is 1.77. The normalized spacial score (nSPS) is 16.1. The van der Waals surface area contributed by atoms with Crippen LogP contribution in [-0.4, -0.2) is 34.1 Å². The van der Waals surface area contributed by atoms with Crippen molar-refractivity contribution in [3.63, 3.8) is 0 Å². The molecule has 1 aromatic carbocycles. The van der Waals surface area contributed by atoms with Crippen molar-refractivity contribution in [3.05, 3.63) is 23.9 Å². The van der Waals surface area contributed by atoms with Gasteiger partial charge in [-0.15, -0.1) is 0 Å². The number of amides is 1. The number of nitrogen functional groups attached to an aromatic ring is 1. The van der Waals surface area contributed by atoms with Gasteiger partial charge in [-0.25, -0.2) is 0 Å². The van der Waals surface area contributed by atoms with Gasteiger partial charge < -0.3 is 10.6 Å². The third-order valence-corrected chi connectivity index (χ3v) is 3.43. The lowest BCUT2D eigenvalue weighted by molar-refractivity contribution is 0.0720. The van der Waals surface area contributed by atoms with Crippen LogP contribution in [0.5, 0.6) is 0 Å². The molecule has 0 aliphatic carbocycles. The van der Waals surface area contributed by atoms with Crippen molar-refractivity contribution < 1.29 is 4.79 Å². The minimum Gasteiger partial charge on any atom is -0.399 e. The monoisotopic (exact) mass is 244 g/mol. The van der Waals surface area contributed by atoms with Crippen molar-refractivity contribution in [2.75, 3.05) is 18.8 Å². The first-order chi connectivity index (χ1) is 8.75. The molecule has 18 heavy (non-hydrogen) atoms. The van der Waals surface area contributed by atoms with Crippen LogP contribution in [-0.2, 0) is 0 Å². The highest BCUT2D eigenvalue weighted by Crippen LogP contribution is 2.21. The van der Waals surface area contributed by atoms with E-state index in [1.54, 1.807) is 12.1 Å². The number of hydrogen-bond donors (Lipinski definition) is 2. The molecule has 1 fully saturated rings. The molecule has 0 spiro atoms. The van der Waals surface area contributed by atoms with Gasteiger partial charge in [0.15, 0.2) is 5.69 Å². The van der Waals surface area contributed by atoms with Gasteiger partial charge in [0.05, 0.1) is 5.52 Å². The Morgan fingerprint density at radius 3 is 2.83 bits per heavy atom. The molecule has 2 aromatic rings. The lowest BCUT2D eigenvalue weighted by Gasteiger charge is -2.25. The van der Waals surface area contributed by atoms with Crippen molar-refractivity contribution in [2.24, 2.45) is 0 Å². The van der Waals surface area contributed by atoms with E-state index in [1.165, 1.54) is 6.42 Å². The number of likely N-dealkylation sites (tertiary alicyclic amines) is 1. The summed E-state index contributed by atoms with van der Waals surface area (Å²) in [6.45, 7) is 1.66. The summed E-state index contributed by atoms with van der Waals surface area (Å²) in [4.78, 5) is 14.3. The zero-order chi connectivity index (χ0) is 12.5. The molecule has 3 rings (SSSR count). The Morgan fingerprint density at radius 2 is 2.06 bits per heavy atom. The molecule has 94 valence electrons. The third kappa shape index (κ3) is 1.81. The maximum atomic E-state index is 12.4. The lowest BCUT2D eigenvalue weighted by Crippen LogP contribution is -2.35. The van der Waals surface area contributed by atoms with Crippen LogP contribution >= 0.6 is 0 Å². The first kappa shape index (κ1) is 11.1. The highest BCUT2D eigenvalue weighted by Gasteiger charge is 2.22. The second kappa shape index (κ2) is 4.33. The number of nitrogens with one attached hydrogen (secondary N) is 1. The van der Waals surface area contributed by atoms with Gasteiger partial charge >= 0.3 is 0 Å². The molecule has 0 radical (unpaired) electrons. The summed E-state index contributed by atoms with van der Waals surface area (Å²) in [5.74, 6) is 0.00606. The first-order valence-electron chi connectivity index (χ1n) is 6.28. The minimum absolute atomic E-state index is 0.00606. The molecule has 0 bridgehead atoms. The van der Waals surface area contributed by atoms with Gasteiger partial charge in [-0.05, 0) is 37.5 Å². The van der Waals surface area contributed by atoms with Crippen LogP contribution in [0.1, 0.15) is 29.8 Å².